The maximum absolute atomic E-state index is 12.5. The van der Waals surface area contributed by atoms with Gasteiger partial charge in [-0.1, -0.05) is 244 Å². The molecule has 5 nitrogen and oxygen atoms in total. The summed E-state index contributed by atoms with van der Waals surface area (Å²) in [5, 5.41) is 33.3. The average molecular weight is 762 g/mol. The van der Waals surface area contributed by atoms with Crippen molar-refractivity contribution in [3.8, 4) is 0 Å². The van der Waals surface area contributed by atoms with Gasteiger partial charge in [0.05, 0.1) is 31.3 Å². The number of carbonyl (C=O) groups is 1. The Hall–Kier alpha value is -1.17. The zero-order chi connectivity index (χ0) is 39.4. The van der Waals surface area contributed by atoms with Crippen molar-refractivity contribution in [1.82, 2.24) is 5.32 Å². The number of carbonyl (C=O) groups excluding carboxylic acids is 1. The minimum absolute atomic E-state index is 0.00997. The number of aliphatic hydroxyl groups is 3. The Morgan fingerprint density at radius 1 is 0.463 bits per heavy atom. The molecule has 0 spiro atoms. The summed E-state index contributed by atoms with van der Waals surface area (Å²) >= 11 is 0. The van der Waals surface area contributed by atoms with Crippen LogP contribution < -0.4 is 5.32 Å². The van der Waals surface area contributed by atoms with Crippen LogP contribution in [-0.2, 0) is 4.79 Å². The summed E-state index contributed by atoms with van der Waals surface area (Å²) in [7, 11) is 0. The van der Waals surface area contributed by atoms with Crippen molar-refractivity contribution in [2.45, 2.75) is 276 Å². The minimum Gasteiger partial charge on any atom is -0.394 e. The van der Waals surface area contributed by atoms with Gasteiger partial charge in [0.15, 0.2) is 0 Å². The zero-order valence-electron chi connectivity index (χ0n) is 36.4. The van der Waals surface area contributed by atoms with Gasteiger partial charge < -0.3 is 20.6 Å². The molecular formula is C49H95NO4. The highest BCUT2D eigenvalue weighted by Crippen LogP contribution is 2.16. The number of aliphatic hydroxyl groups excluding tert-OH is 3. The highest BCUT2D eigenvalue weighted by molar-refractivity contribution is 5.76. The van der Waals surface area contributed by atoms with Gasteiger partial charge in [-0.3, -0.25) is 4.79 Å². The van der Waals surface area contributed by atoms with Crippen molar-refractivity contribution in [2.75, 3.05) is 6.61 Å². The van der Waals surface area contributed by atoms with Gasteiger partial charge in [0.2, 0.25) is 5.91 Å². The molecule has 0 aliphatic carbocycles. The van der Waals surface area contributed by atoms with Crippen LogP contribution in [0, 0.1) is 0 Å². The summed E-state index contributed by atoms with van der Waals surface area (Å²) in [6, 6.07) is -0.758. The number of hydrogen-bond donors (Lipinski definition) is 4. The van der Waals surface area contributed by atoms with Crippen LogP contribution in [0.5, 0.6) is 0 Å². The number of unbranched alkanes of at least 4 members (excludes halogenated alkanes) is 33. The fourth-order valence-electron chi connectivity index (χ4n) is 7.53. The largest absolute Gasteiger partial charge is 0.394 e. The quantitative estimate of drug-likeness (QED) is 0.0368. The van der Waals surface area contributed by atoms with Crippen LogP contribution in [0.25, 0.3) is 0 Å². The first kappa shape index (κ1) is 52.8. The normalized spacial score (nSPS) is 13.6. The van der Waals surface area contributed by atoms with E-state index in [9.17, 15) is 20.1 Å². The topological polar surface area (TPSA) is 89.8 Å². The summed E-state index contributed by atoms with van der Waals surface area (Å²) in [6.07, 6.45) is 54.8. The number of amides is 1. The standard InChI is InChI=1S/C49H95NO4/c1-3-5-7-9-11-13-15-17-19-21-23-24-25-27-29-31-33-35-37-39-41-43-48(53)47(45-51)50-49(54)44-46(52)42-40-38-36-34-32-30-28-26-22-20-18-16-14-12-10-8-6-4-2/h33,35,41,43,46-48,51-53H,3-32,34,36-40,42,44-45H2,1-2H3,(H,50,54)/b35-33+,43-41+. The predicted molar refractivity (Wildman–Crippen MR) is 236 cm³/mol. The van der Waals surface area contributed by atoms with E-state index in [1.165, 1.54) is 199 Å². The Balaban J connectivity index is 3.65. The van der Waals surface area contributed by atoms with Gasteiger partial charge in [0.1, 0.15) is 0 Å². The minimum atomic E-state index is -0.949. The van der Waals surface area contributed by atoms with Gasteiger partial charge in [-0.25, -0.2) is 0 Å². The first-order valence-electron chi connectivity index (χ1n) is 24.1. The van der Waals surface area contributed by atoms with E-state index in [4.69, 9.17) is 0 Å². The highest BCUT2D eigenvalue weighted by atomic mass is 16.3. The maximum atomic E-state index is 12.5. The van der Waals surface area contributed by atoms with Crippen LogP contribution in [0.1, 0.15) is 258 Å². The second-order valence-corrected chi connectivity index (χ2v) is 16.7. The fourth-order valence-corrected chi connectivity index (χ4v) is 7.53. The van der Waals surface area contributed by atoms with Crippen LogP contribution in [0.15, 0.2) is 24.3 Å². The van der Waals surface area contributed by atoms with E-state index >= 15 is 0 Å². The lowest BCUT2D eigenvalue weighted by Crippen LogP contribution is -2.45. The molecule has 3 atom stereocenters. The van der Waals surface area contributed by atoms with Gasteiger partial charge in [0, 0.05) is 0 Å². The summed E-state index contributed by atoms with van der Waals surface area (Å²) in [5.74, 6) is -0.321. The van der Waals surface area contributed by atoms with Gasteiger partial charge in [-0.05, 0) is 32.1 Å². The number of rotatable bonds is 44. The Morgan fingerprint density at radius 2 is 0.796 bits per heavy atom. The first-order valence-corrected chi connectivity index (χ1v) is 24.1. The molecule has 0 rings (SSSR count). The van der Waals surface area contributed by atoms with Crippen molar-refractivity contribution >= 4 is 5.91 Å². The predicted octanol–water partition coefficient (Wildman–Crippen LogP) is 14.2. The summed E-state index contributed by atoms with van der Waals surface area (Å²) in [6.45, 7) is 4.22. The lowest BCUT2D eigenvalue weighted by Gasteiger charge is -2.21. The number of hydrogen-bond acceptors (Lipinski definition) is 4. The van der Waals surface area contributed by atoms with Crippen LogP contribution >= 0.6 is 0 Å². The Morgan fingerprint density at radius 3 is 1.19 bits per heavy atom. The van der Waals surface area contributed by atoms with E-state index in [0.717, 1.165) is 32.1 Å². The summed E-state index contributed by atoms with van der Waals surface area (Å²) < 4.78 is 0. The van der Waals surface area contributed by atoms with Crippen LogP contribution in [0.4, 0.5) is 0 Å². The molecule has 0 aromatic carbocycles. The number of nitrogens with one attached hydrogen (secondary N) is 1. The SMILES string of the molecule is CCCCCCCCCCCCCCCCC/C=C/CC/C=C/C(O)C(CO)NC(=O)CC(O)CCCCCCCCCCCCCCCCCCCC. The first-order chi connectivity index (χ1) is 26.5. The molecule has 0 saturated carbocycles. The van der Waals surface area contributed by atoms with E-state index in [0.29, 0.717) is 6.42 Å². The summed E-state index contributed by atoms with van der Waals surface area (Å²) in [4.78, 5) is 12.5. The molecule has 0 aliphatic heterocycles. The van der Waals surface area contributed by atoms with Gasteiger partial charge >= 0.3 is 0 Å². The molecule has 0 aliphatic rings. The highest BCUT2D eigenvalue weighted by Gasteiger charge is 2.20. The Bertz CT molecular complexity index is 799. The molecule has 0 fully saturated rings. The maximum Gasteiger partial charge on any atom is 0.222 e. The second-order valence-electron chi connectivity index (χ2n) is 16.7. The fraction of sp³-hybridized carbons (Fsp3) is 0.898. The third kappa shape index (κ3) is 40.5. The molecule has 0 radical (unpaired) electrons. The molecule has 54 heavy (non-hydrogen) atoms. The smallest absolute Gasteiger partial charge is 0.222 e. The zero-order valence-corrected chi connectivity index (χ0v) is 36.4. The van der Waals surface area contributed by atoms with Gasteiger partial charge in [0.25, 0.3) is 0 Å². The lowest BCUT2D eigenvalue weighted by atomic mass is 10.0. The van der Waals surface area contributed by atoms with E-state index in [1.54, 1.807) is 6.08 Å². The van der Waals surface area contributed by atoms with Gasteiger partial charge in [-0.15, -0.1) is 0 Å². The lowest BCUT2D eigenvalue weighted by molar-refractivity contribution is -0.124. The molecule has 320 valence electrons. The Kier molecular flexibility index (Phi) is 43.6. The molecule has 0 bridgehead atoms. The molecule has 3 unspecified atom stereocenters. The van der Waals surface area contributed by atoms with Crippen LogP contribution in [0.2, 0.25) is 0 Å². The third-order valence-electron chi connectivity index (χ3n) is 11.2. The molecule has 0 aromatic heterocycles. The van der Waals surface area contributed by atoms with E-state index < -0.39 is 18.2 Å². The van der Waals surface area contributed by atoms with Crippen LogP contribution in [0.3, 0.4) is 0 Å². The third-order valence-corrected chi connectivity index (χ3v) is 11.2. The van der Waals surface area contributed by atoms with Crippen molar-refractivity contribution in [2.24, 2.45) is 0 Å². The average Bonchev–Trinajstić information content (AvgIpc) is 3.16. The summed E-state index contributed by atoms with van der Waals surface area (Å²) in [5.41, 5.74) is 0. The molecule has 0 aromatic rings. The van der Waals surface area contributed by atoms with Crippen molar-refractivity contribution < 1.29 is 20.1 Å². The number of allylic oxidation sites excluding steroid dienone is 3. The monoisotopic (exact) mass is 762 g/mol. The molecule has 0 heterocycles. The van der Waals surface area contributed by atoms with E-state index in [1.807, 2.05) is 6.08 Å². The molecule has 5 heteroatoms. The molecule has 1 amide bonds. The van der Waals surface area contributed by atoms with Crippen LogP contribution in [-0.4, -0.2) is 46.1 Å². The van der Waals surface area contributed by atoms with Crippen molar-refractivity contribution in [3.63, 3.8) is 0 Å². The molecule has 4 N–H and O–H groups in total. The van der Waals surface area contributed by atoms with Crippen molar-refractivity contribution in [1.29, 1.82) is 0 Å². The van der Waals surface area contributed by atoms with E-state index in [2.05, 4.69) is 31.3 Å². The Labute approximate surface area is 337 Å². The molecule has 0 saturated heterocycles. The molecular weight excluding hydrogens is 667 g/mol. The second kappa shape index (κ2) is 44.5. The van der Waals surface area contributed by atoms with E-state index in [-0.39, 0.29) is 18.9 Å². The van der Waals surface area contributed by atoms with Gasteiger partial charge in [-0.2, -0.15) is 0 Å². The van der Waals surface area contributed by atoms with Crippen molar-refractivity contribution in [3.05, 3.63) is 24.3 Å².